The van der Waals surface area contributed by atoms with E-state index in [1.165, 1.54) is 38.8 Å². The van der Waals surface area contributed by atoms with E-state index in [0.717, 1.165) is 32.6 Å². The summed E-state index contributed by atoms with van der Waals surface area (Å²) in [7, 11) is 0. The molecule has 4 nitrogen and oxygen atoms in total. The fraction of sp³-hybridized carbons (Fsp3) is 0.938. The van der Waals surface area contributed by atoms with Gasteiger partial charge < -0.3 is 15.5 Å². The topological polar surface area (TPSA) is 44.4 Å². The van der Waals surface area contributed by atoms with E-state index in [-0.39, 0.29) is 5.91 Å². The molecule has 20 heavy (non-hydrogen) atoms. The summed E-state index contributed by atoms with van der Waals surface area (Å²) in [5, 5.41) is 6.53. The third kappa shape index (κ3) is 5.41. The lowest BCUT2D eigenvalue weighted by Crippen LogP contribution is -2.36. The standard InChI is InChI=1S/C16H31N3O/c1-14(15-6-4-7-17-13-15)12-16(20)18-8-5-11-19-9-2-3-10-19/h14-15,17H,2-13H2,1H3,(H,18,20). The molecule has 116 valence electrons. The van der Waals surface area contributed by atoms with E-state index < -0.39 is 0 Å². The molecule has 1 amide bonds. The average Bonchev–Trinajstić information content (AvgIpc) is 2.98. The number of carbonyl (C=O) groups excluding carboxylic acids is 1. The molecule has 2 atom stereocenters. The number of rotatable bonds is 7. The highest BCUT2D eigenvalue weighted by Crippen LogP contribution is 2.22. The largest absolute Gasteiger partial charge is 0.356 e. The summed E-state index contributed by atoms with van der Waals surface area (Å²) >= 11 is 0. The molecule has 0 aromatic heterocycles. The van der Waals surface area contributed by atoms with Crippen molar-refractivity contribution in [2.75, 3.05) is 39.3 Å². The number of nitrogens with zero attached hydrogens (tertiary/aromatic N) is 1. The molecule has 2 aliphatic rings. The molecule has 2 fully saturated rings. The molecule has 2 saturated heterocycles. The van der Waals surface area contributed by atoms with Crippen molar-refractivity contribution < 1.29 is 4.79 Å². The monoisotopic (exact) mass is 281 g/mol. The second kappa shape index (κ2) is 8.63. The zero-order valence-electron chi connectivity index (χ0n) is 13.0. The van der Waals surface area contributed by atoms with Gasteiger partial charge in [0, 0.05) is 13.0 Å². The van der Waals surface area contributed by atoms with Gasteiger partial charge in [0.05, 0.1) is 0 Å². The number of carbonyl (C=O) groups is 1. The smallest absolute Gasteiger partial charge is 0.220 e. The van der Waals surface area contributed by atoms with Crippen molar-refractivity contribution in [2.24, 2.45) is 11.8 Å². The van der Waals surface area contributed by atoms with Crippen LogP contribution in [0.1, 0.15) is 45.4 Å². The van der Waals surface area contributed by atoms with Crippen molar-refractivity contribution in [3.05, 3.63) is 0 Å². The Morgan fingerprint density at radius 3 is 2.85 bits per heavy atom. The molecule has 2 unspecified atom stereocenters. The van der Waals surface area contributed by atoms with Gasteiger partial charge in [-0.15, -0.1) is 0 Å². The summed E-state index contributed by atoms with van der Waals surface area (Å²) < 4.78 is 0. The molecular weight excluding hydrogens is 250 g/mol. The van der Waals surface area contributed by atoms with Gasteiger partial charge in [-0.25, -0.2) is 0 Å². The maximum atomic E-state index is 11.9. The van der Waals surface area contributed by atoms with Gasteiger partial charge in [0.15, 0.2) is 0 Å². The van der Waals surface area contributed by atoms with E-state index in [1.54, 1.807) is 0 Å². The van der Waals surface area contributed by atoms with E-state index >= 15 is 0 Å². The maximum absolute atomic E-state index is 11.9. The summed E-state index contributed by atoms with van der Waals surface area (Å²) in [6, 6.07) is 0. The van der Waals surface area contributed by atoms with Gasteiger partial charge in [-0.2, -0.15) is 0 Å². The van der Waals surface area contributed by atoms with Gasteiger partial charge in [0.1, 0.15) is 0 Å². The van der Waals surface area contributed by atoms with E-state index in [2.05, 4.69) is 22.5 Å². The molecule has 2 aliphatic heterocycles. The Balaban J connectivity index is 1.52. The molecule has 0 saturated carbocycles. The van der Waals surface area contributed by atoms with Crippen LogP contribution < -0.4 is 10.6 Å². The summed E-state index contributed by atoms with van der Waals surface area (Å²) in [5.41, 5.74) is 0. The van der Waals surface area contributed by atoms with Gasteiger partial charge in [-0.05, 0) is 76.7 Å². The van der Waals surface area contributed by atoms with Crippen LogP contribution in [0.5, 0.6) is 0 Å². The molecule has 2 heterocycles. The second-order valence-electron chi connectivity index (χ2n) is 6.54. The first-order chi connectivity index (χ1) is 9.75. The van der Waals surface area contributed by atoms with Crippen molar-refractivity contribution in [3.63, 3.8) is 0 Å². The first-order valence-electron chi connectivity index (χ1n) is 8.45. The third-order valence-corrected chi connectivity index (χ3v) is 4.82. The Kier molecular flexibility index (Phi) is 6.80. The van der Waals surface area contributed by atoms with Crippen LogP contribution in [-0.4, -0.2) is 50.1 Å². The van der Waals surface area contributed by atoms with Crippen LogP contribution in [0.2, 0.25) is 0 Å². The molecule has 0 radical (unpaired) electrons. The quantitative estimate of drug-likeness (QED) is 0.697. The van der Waals surface area contributed by atoms with Crippen LogP contribution in [0.4, 0.5) is 0 Å². The van der Waals surface area contributed by atoms with Gasteiger partial charge in [-0.3, -0.25) is 4.79 Å². The molecule has 2 rings (SSSR count). The number of likely N-dealkylation sites (tertiary alicyclic amines) is 1. The van der Waals surface area contributed by atoms with Crippen LogP contribution in [0, 0.1) is 11.8 Å². The fourth-order valence-electron chi connectivity index (χ4n) is 3.43. The minimum atomic E-state index is 0.240. The van der Waals surface area contributed by atoms with Gasteiger partial charge in [0.2, 0.25) is 5.91 Å². The summed E-state index contributed by atoms with van der Waals surface area (Å²) in [6.45, 7) is 8.93. The highest BCUT2D eigenvalue weighted by molar-refractivity contribution is 5.76. The van der Waals surface area contributed by atoms with Gasteiger partial charge in [0.25, 0.3) is 0 Å². The SMILES string of the molecule is CC(CC(=O)NCCCN1CCCC1)C1CCCNC1. The predicted molar refractivity (Wildman–Crippen MR) is 82.7 cm³/mol. The van der Waals surface area contributed by atoms with Crippen molar-refractivity contribution in [1.29, 1.82) is 0 Å². The van der Waals surface area contributed by atoms with Crippen LogP contribution in [0.25, 0.3) is 0 Å². The summed E-state index contributed by atoms with van der Waals surface area (Å²) in [5.74, 6) is 1.42. The van der Waals surface area contributed by atoms with E-state index in [1.807, 2.05) is 0 Å². The van der Waals surface area contributed by atoms with Crippen LogP contribution in [-0.2, 0) is 4.79 Å². The fourth-order valence-corrected chi connectivity index (χ4v) is 3.43. The zero-order valence-corrected chi connectivity index (χ0v) is 13.0. The predicted octanol–water partition coefficient (Wildman–Crippen LogP) is 1.61. The molecule has 4 heteroatoms. The maximum Gasteiger partial charge on any atom is 0.220 e. The first kappa shape index (κ1) is 15.8. The third-order valence-electron chi connectivity index (χ3n) is 4.82. The van der Waals surface area contributed by atoms with Gasteiger partial charge in [-0.1, -0.05) is 6.92 Å². The van der Waals surface area contributed by atoms with Crippen molar-refractivity contribution >= 4 is 5.91 Å². The van der Waals surface area contributed by atoms with Crippen molar-refractivity contribution in [3.8, 4) is 0 Å². The highest BCUT2D eigenvalue weighted by atomic mass is 16.1. The highest BCUT2D eigenvalue weighted by Gasteiger charge is 2.21. The first-order valence-corrected chi connectivity index (χ1v) is 8.45. The molecule has 0 aromatic carbocycles. The summed E-state index contributed by atoms with van der Waals surface area (Å²) in [6.07, 6.45) is 7.00. The Hall–Kier alpha value is -0.610. The molecule has 0 bridgehead atoms. The molecule has 2 N–H and O–H groups in total. The Bertz CT molecular complexity index is 283. The Morgan fingerprint density at radius 1 is 1.35 bits per heavy atom. The second-order valence-corrected chi connectivity index (χ2v) is 6.54. The Labute approximate surface area is 123 Å². The number of hydrogen-bond donors (Lipinski definition) is 2. The molecule has 0 spiro atoms. The number of nitrogens with one attached hydrogen (secondary N) is 2. The normalized spacial score (nSPS) is 25.6. The lowest BCUT2D eigenvalue weighted by molar-refractivity contribution is -0.122. The molecular formula is C16H31N3O. The molecule has 0 aliphatic carbocycles. The minimum absolute atomic E-state index is 0.240. The summed E-state index contributed by atoms with van der Waals surface area (Å²) in [4.78, 5) is 14.4. The molecule has 0 aromatic rings. The lowest BCUT2D eigenvalue weighted by atomic mass is 9.85. The number of amides is 1. The van der Waals surface area contributed by atoms with Crippen molar-refractivity contribution in [1.82, 2.24) is 15.5 Å². The number of hydrogen-bond acceptors (Lipinski definition) is 3. The lowest BCUT2D eigenvalue weighted by Gasteiger charge is -2.28. The van der Waals surface area contributed by atoms with E-state index in [0.29, 0.717) is 18.3 Å². The van der Waals surface area contributed by atoms with Crippen LogP contribution >= 0.6 is 0 Å². The van der Waals surface area contributed by atoms with E-state index in [4.69, 9.17) is 0 Å². The minimum Gasteiger partial charge on any atom is -0.356 e. The van der Waals surface area contributed by atoms with Crippen LogP contribution in [0.15, 0.2) is 0 Å². The number of piperidine rings is 1. The van der Waals surface area contributed by atoms with Crippen molar-refractivity contribution in [2.45, 2.75) is 45.4 Å². The van der Waals surface area contributed by atoms with E-state index in [9.17, 15) is 4.79 Å². The zero-order chi connectivity index (χ0) is 14.2. The van der Waals surface area contributed by atoms with Gasteiger partial charge >= 0.3 is 0 Å². The Morgan fingerprint density at radius 2 is 2.15 bits per heavy atom. The average molecular weight is 281 g/mol. The van der Waals surface area contributed by atoms with Crippen LogP contribution in [0.3, 0.4) is 0 Å².